The van der Waals surface area contributed by atoms with Gasteiger partial charge in [-0.05, 0) is 56.8 Å². The molecular weight excluding hydrogens is 268 g/mol. The molecule has 1 saturated carbocycles. The van der Waals surface area contributed by atoms with Crippen molar-refractivity contribution >= 4 is 17.6 Å². The zero-order valence-electron chi connectivity index (χ0n) is 12.1. The number of carboxylic acids is 1. The van der Waals surface area contributed by atoms with Gasteiger partial charge in [0.15, 0.2) is 0 Å². The highest BCUT2D eigenvalue weighted by atomic mass is 16.4. The Bertz CT molecular complexity index is 570. The van der Waals surface area contributed by atoms with E-state index in [1.165, 1.54) is 0 Å². The summed E-state index contributed by atoms with van der Waals surface area (Å²) in [5.74, 6) is -0.797. The molecule has 1 unspecified atom stereocenters. The summed E-state index contributed by atoms with van der Waals surface area (Å²) >= 11 is 0. The Labute approximate surface area is 123 Å². The van der Waals surface area contributed by atoms with Gasteiger partial charge < -0.3 is 15.7 Å². The number of anilines is 1. The van der Waals surface area contributed by atoms with E-state index in [4.69, 9.17) is 0 Å². The first-order valence-electron chi connectivity index (χ1n) is 7.37. The SMILES string of the molecule is CC1(C(=O)Nc2ccc(C3(C(=O)O)CC3)cc2)CCCN1. The molecule has 2 aliphatic rings. The van der Waals surface area contributed by atoms with E-state index in [2.05, 4.69) is 10.6 Å². The Balaban J connectivity index is 1.70. The molecule has 5 heteroatoms. The van der Waals surface area contributed by atoms with Crippen LogP contribution >= 0.6 is 0 Å². The van der Waals surface area contributed by atoms with Crippen LogP contribution in [0.1, 0.15) is 38.2 Å². The standard InChI is InChI=1S/C16H20N2O3/c1-15(7-2-10-17-15)13(19)18-12-5-3-11(4-6-12)16(8-9-16)14(20)21/h3-6,17H,2,7-10H2,1H3,(H,18,19)(H,20,21). The molecular formula is C16H20N2O3. The smallest absolute Gasteiger partial charge is 0.314 e. The predicted molar refractivity (Wildman–Crippen MR) is 79.3 cm³/mol. The average molecular weight is 288 g/mol. The number of nitrogens with one attached hydrogen (secondary N) is 2. The second-order valence-electron chi connectivity index (χ2n) is 6.28. The van der Waals surface area contributed by atoms with Gasteiger partial charge in [-0.2, -0.15) is 0 Å². The predicted octanol–water partition coefficient (Wildman–Crippen LogP) is 1.88. The van der Waals surface area contributed by atoms with E-state index in [-0.39, 0.29) is 5.91 Å². The van der Waals surface area contributed by atoms with Crippen molar-refractivity contribution in [3.8, 4) is 0 Å². The third-order valence-electron chi connectivity index (χ3n) is 4.72. The van der Waals surface area contributed by atoms with Crippen LogP contribution in [0.15, 0.2) is 24.3 Å². The van der Waals surface area contributed by atoms with Crippen LogP contribution in [-0.2, 0) is 15.0 Å². The summed E-state index contributed by atoms with van der Waals surface area (Å²) in [6.07, 6.45) is 3.22. The molecule has 1 aromatic rings. The highest BCUT2D eigenvalue weighted by Crippen LogP contribution is 2.48. The molecule has 3 N–H and O–H groups in total. The van der Waals surface area contributed by atoms with Crippen molar-refractivity contribution in [2.75, 3.05) is 11.9 Å². The fourth-order valence-corrected chi connectivity index (χ4v) is 2.98. The van der Waals surface area contributed by atoms with E-state index in [0.717, 1.165) is 24.9 Å². The largest absolute Gasteiger partial charge is 0.481 e. The van der Waals surface area contributed by atoms with E-state index < -0.39 is 16.9 Å². The molecule has 1 aliphatic carbocycles. The molecule has 1 aliphatic heterocycles. The lowest BCUT2D eigenvalue weighted by molar-refractivity contribution is -0.140. The van der Waals surface area contributed by atoms with E-state index >= 15 is 0 Å². The number of hydrogen-bond donors (Lipinski definition) is 3. The Morgan fingerprint density at radius 1 is 1.19 bits per heavy atom. The van der Waals surface area contributed by atoms with E-state index in [9.17, 15) is 14.7 Å². The fraction of sp³-hybridized carbons (Fsp3) is 0.500. The minimum absolute atomic E-state index is 0.0351. The summed E-state index contributed by atoms with van der Waals surface area (Å²) in [6, 6.07) is 7.19. The summed E-state index contributed by atoms with van der Waals surface area (Å²) in [7, 11) is 0. The number of amides is 1. The van der Waals surface area contributed by atoms with Crippen LogP contribution in [0.4, 0.5) is 5.69 Å². The van der Waals surface area contributed by atoms with Gasteiger partial charge >= 0.3 is 5.97 Å². The van der Waals surface area contributed by atoms with Gasteiger partial charge in [0.05, 0.1) is 11.0 Å². The molecule has 0 radical (unpaired) electrons. The van der Waals surface area contributed by atoms with E-state index in [1.54, 1.807) is 24.3 Å². The molecule has 21 heavy (non-hydrogen) atoms. The molecule has 5 nitrogen and oxygen atoms in total. The van der Waals surface area contributed by atoms with Gasteiger partial charge in [0.1, 0.15) is 0 Å². The van der Waals surface area contributed by atoms with Crippen LogP contribution in [0.3, 0.4) is 0 Å². The van der Waals surface area contributed by atoms with Gasteiger partial charge in [-0.15, -0.1) is 0 Å². The van der Waals surface area contributed by atoms with Crippen molar-refractivity contribution in [1.82, 2.24) is 5.32 Å². The van der Waals surface area contributed by atoms with Gasteiger partial charge in [-0.25, -0.2) is 0 Å². The Morgan fingerprint density at radius 3 is 2.33 bits per heavy atom. The first kappa shape index (κ1) is 14.1. The van der Waals surface area contributed by atoms with Crippen LogP contribution in [0.25, 0.3) is 0 Å². The second-order valence-corrected chi connectivity index (χ2v) is 6.28. The maximum absolute atomic E-state index is 12.3. The van der Waals surface area contributed by atoms with Crippen LogP contribution in [0.5, 0.6) is 0 Å². The Hall–Kier alpha value is -1.88. The van der Waals surface area contributed by atoms with Crippen molar-refractivity contribution in [2.45, 2.75) is 43.6 Å². The molecule has 2 fully saturated rings. The first-order chi connectivity index (χ1) is 9.96. The molecule has 3 rings (SSSR count). The average Bonchev–Trinajstić information content (AvgIpc) is 3.16. The molecule has 1 atom stereocenters. The van der Waals surface area contributed by atoms with Crippen molar-refractivity contribution in [3.63, 3.8) is 0 Å². The molecule has 1 saturated heterocycles. The lowest BCUT2D eigenvalue weighted by Gasteiger charge is -2.23. The second kappa shape index (κ2) is 4.84. The van der Waals surface area contributed by atoms with Crippen molar-refractivity contribution in [1.29, 1.82) is 0 Å². The van der Waals surface area contributed by atoms with Crippen molar-refractivity contribution < 1.29 is 14.7 Å². The lowest BCUT2D eigenvalue weighted by Crippen LogP contribution is -2.47. The lowest BCUT2D eigenvalue weighted by atomic mass is 9.95. The molecule has 0 spiro atoms. The highest BCUT2D eigenvalue weighted by Gasteiger charge is 2.51. The fourth-order valence-electron chi connectivity index (χ4n) is 2.98. The highest BCUT2D eigenvalue weighted by molar-refractivity contribution is 5.98. The number of carbonyl (C=O) groups is 2. The van der Waals surface area contributed by atoms with Crippen LogP contribution < -0.4 is 10.6 Å². The third kappa shape index (κ3) is 2.42. The molecule has 1 amide bonds. The zero-order valence-corrected chi connectivity index (χ0v) is 12.1. The summed E-state index contributed by atoms with van der Waals surface area (Å²) in [5.41, 5.74) is 0.331. The Kier molecular flexibility index (Phi) is 3.24. The number of hydrogen-bond acceptors (Lipinski definition) is 3. The molecule has 1 heterocycles. The van der Waals surface area contributed by atoms with Gasteiger partial charge in [0.25, 0.3) is 0 Å². The van der Waals surface area contributed by atoms with Crippen molar-refractivity contribution in [2.24, 2.45) is 0 Å². The maximum Gasteiger partial charge on any atom is 0.314 e. The van der Waals surface area contributed by atoms with Gasteiger partial charge in [0.2, 0.25) is 5.91 Å². The number of benzene rings is 1. The van der Waals surface area contributed by atoms with E-state index in [1.807, 2.05) is 6.92 Å². The first-order valence-corrected chi connectivity index (χ1v) is 7.37. The van der Waals surface area contributed by atoms with E-state index in [0.29, 0.717) is 18.5 Å². The van der Waals surface area contributed by atoms with Crippen LogP contribution in [0.2, 0.25) is 0 Å². The molecule has 1 aromatic carbocycles. The number of aliphatic carboxylic acids is 1. The maximum atomic E-state index is 12.3. The summed E-state index contributed by atoms with van der Waals surface area (Å²) < 4.78 is 0. The monoisotopic (exact) mass is 288 g/mol. The molecule has 0 aromatic heterocycles. The third-order valence-corrected chi connectivity index (χ3v) is 4.72. The van der Waals surface area contributed by atoms with Crippen LogP contribution in [0, 0.1) is 0 Å². The number of carboxylic acid groups (broad SMARTS) is 1. The van der Waals surface area contributed by atoms with Gasteiger partial charge in [0, 0.05) is 5.69 Å². The van der Waals surface area contributed by atoms with Crippen LogP contribution in [-0.4, -0.2) is 29.1 Å². The Morgan fingerprint density at radius 2 is 1.86 bits per heavy atom. The minimum atomic E-state index is -0.762. The van der Waals surface area contributed by atoms with Crippen molar-refractivity contribution in [3.05, 3.63) is 29.8 Å². The topological polar surface area (TPSA) is 78.4 Å². The minimum Gasteiger partial charge on any atom is -0.481 e. The summed E-state index contributed by atoms with van der Waals surface area (Å²) in [4.78, 5) is 23.6. The normalized spacial score (nSPS) is 26.3. The van der Waals surface area contributed by atoms with Gasteiger partial charge in [-0.1, -0.05) is 12.1 Å². The molecule has 112 valence electrons. The molecule has 0 bridgehead atoms. The summed E-state index contributed by atoms with van der Waals surface area (Å²) in [5, 5.41) is 15.4. The number of rotatable bonds is 4. The zero-order chi connectivity index (χ0) is 15.1. The number of carbonyl (C=O) groups excluding carboxylic acids is 1. The quantitative estimate of drug-likeness (QED) is 0.790. The van der Waals surface area contributed by atoms with Gasteiger partial charge in [-0.3, -0.25) is 9.59 Å². The summed E-state index contributed by atoms with van der Waals surface area (Å²) in [6.45, 7) is 2.78.